The van der Waals surface area contributed by atoms with Crippen molar-refractivity contribution in [3.63, 3.8) is 0 Å². The molecule has 3 N–H and O–H groups in total. The van der Waals surface area contributed by atoms with E-state index in [1.165, 1.54) is 11.4 Å². The Hall–Kier alpha value is -3.62. The summed E-state index contributed by atoms with van der Waals surface area (Å²) >= 11 is 0. The van der Waals surface area contributed by atoms with Crippen molar-refractivity contribution in [3.05, 3.63) is 84.1 Å². The summed E-state index contributed by atoms with van der Waals surface area (Å²) in [4.78, 5) is 16.5. The summed E-state index contributed by atoms with van der Waals surface area (Å²) in [6, 6.07) is 21.3. The van der Waals surface area contributed by atoms with E-state index in [-0.39, 0.29) is 22.8 Å². The molecule has 0 saturated carbocycles. The van der Waals surface area contributed by atoms with Gasteiger partial charge in [0.15, 0.2) is 0 Å². The molecule has 37 heavy (non-hydrogen) atoms. The maximum absolute atomic E-state index is 13.5. The molecule has 3 aromatic carbocycles. The fraction of sp³-hybridized carbons (Fsp3) is 0.276. The molecule has 1 atom stereocenters. The van der Waals surface area contributed by atoms with E-state index in [0.29, 0.717) is 22.5 Å². The van der Waals surface area contributed by atoms with Crippen LogP contribution in [-0.2, 0) is 15.4 Å². The standard InChI is InChI=1S/C29H33N3O4S/c1-19(18-33)30-28(34)27-26(20-9-7-6-8-10-20)24-17-22(13-16-25(24)31-27)32(5)37(35,36)23-14-11-21(12-15-23)29(2,3)4/h6-17,19,31,33H,18H2,1-5H3,(H,30,34). The molecule has 0 aliphatic carbocycles. The van der Waals surface area contributed by atoms with Crippen LogP contribution < -0.4 is 9.62 Å². The van der Waals surface area contributed by atoms with E-state index in [0.717, 1.165) is 16.5 Å². The van der Waals surface area contributed by atoms with Gasteiger partial charge in [-0.05, 0) is 53.8 Å². The molecule has 0 saturated heterocycles. The van der Waals surface area contributed by atoms with Crippen molar-refractivity contribution >= 4 is 32.5 Å². The molecule has 1 aromatic heterocycles. The van der Waals surface area contributed by atoms with Gasteiger partial charge in [-0.1, -0.05) is 63.2 Å². The van der Waals surface area contributed by atoms with Gasteiger partial charge in [0.25, 0.3) is 15.9 Å². The Bertz CT molecular complexity index is 1520. The van der Waals surface area contributed by atoms with Gasteiger partial charge in [0, 0.05) is 29.6 Å². The zero-order valence-electron chi connectivity index (χ0n) is 21.7. The van der Waals surface area contributed by atoms with Crippen molar-refractivity contribution in [2.75, 3.05) is 18.0 Å². The predicted octanol–water partition coefficient (Wildman–Crippen LogP) is 5.07. The molecular weight excluding hydrogens is 486 g/mol. The van der Waals surface area contributed by atoms with Gasteiger partial charge in [0.1, 0.15) is 5.69 Å². The number of nitrogens with one attached hydrogen (secondary N) is 2. The number of hydrogen-bond acceptors (Lipinski definition) is 4. The minimum Gasteiger partial charge on any atom is -0.394 e. The van der Waals surface area contributed by atoms with Crippen LogP contribution in [0.2, 0.25) is 0 Å². The lowest BCUT2D eigenvalue weighted by Gasteiger charge is -2.22. The van der Waals surface area contributed by atoms with E-state index in [1.807, 2.05) is 42.5 Å². The first kappa shape index (κ1) is 26.4. The number of aliphatic hydroxyl groups is 1. The largest absolute Gasteiger partial charge is 0.394 e. The van der Waals surface area contributed by atoms with Gasteiger partial charge in [-0.3, -0.25) is 9.10 Å². The maximum Gasteiger partial charge on any atom is 0.268 e. The van der Waals surface area contributed by atoms with Crippen LogP contribution in [0.15, 0.2) is 77.7 Å². The molecule has 0 fully saturated rings. The number of aromatic nitrogens is 1. The number of benzene rings is 3. The van der Waals surface area contributed by atoms with Gasteiger partial charge in [-0.25, -0.2) is 8.42 Å². The van der Waals surface area contributed by atoms with Crippen LogP contribution in [0.3, 0.4) is 0 Å². The van der Waals surface area contributed by atoms with Gasteiger partial charge >= 0.3 is 0 Å². The molecule has 7 nitrogen and oxygen atoms in total. The summed E-state index contributed by atoms with van der Waals surface area (Å²) in [7, 11) is -2.29. The molecule has 194 valence electrons. The van der Waals surface area contributed by atoms with Crippen LogP contribution in [0.25, 0.3) is 22.0 Å². The summed E-state index contributed by atoms with van der Waals surface area (Å²) in [5.41, 5.74) is 3.97. The zero-order chi connectivity index (χ0) is 27.0. The van der Waals surface area contributed by atoms with Crippen molar-refractivity contribution in [3.8, 4) is 11.1 Å². The number of H-pyrrole nitrogens is 1. The van der Waals surface area contributed by atoms with E-state index in [2.05, 4.69) is 31.1 Å². The molecule has 0 aliphatic heterocycles. The number of amides is 1. The quantitative estimate of drug-likeness (QED) is 0.317. The Kier molecular flexibility index (Phi) is 7.17. The van der Waals surface area contributed by atoms with E-state index >= 15 is 0 Å². The molecule has 1 amide bonds. The third-order valence-electron chi connectivity index (χ3n) is 6.47. The first-order chi connectivity index (χ1) is 17.4. The minimum atomic E-state index is -3.81. The molecular formula is C29H33N3O4S. The van der Waals surface area contributed by atoms with E-state index in [1.54, 1.807) is 37.3 Å². The summed E-state index contributed by atoms with van der Waals surface area (Å²) in [5.74, 6) is -0.349. The Morgan fingerprint density at radius 2 is 1.68 bits per heavy atom. The highest BCUT2D eigenvalue weighted by molar-refractivity contribution is 7.92. The molecule has 4 aromatic rings. The van der Waals surface area contributed by atoms with Crippen LogP contribution in [0.5, 0.6) is 0 Å². The monoisotopic (exact) mass is 519 g/mol. The van der Waals surface area contributed by atoms with Gasteiger partial charge in [0.05, 0.1) is 17.2 Å². The molecule has 4 rings (SSSR count). The van der Waals surface area contributed by atoms with Crippen molar-refractivity contribution in [2.45, 2.75) is 44.0 Å². The summed E-state index contributed by atoms with van der Waals surface area (Å²) < 4.78 is 28.2. The zero-order valence-corrected chi connectivity index (χ0v) is 22.6. The summed E-state index contributed by atoms with van der Waals surface area (Å²) in [6.45, 7) is 7.78. The number of aliphatic hydroxyl groups excluding tert-OH is 1. The van der Waals surface area contributed by atoms with Crippen LogP contribution in [0.4, 0.5) is 5.69 Å². The number of rotatable bonds is 7. The molecule has 0 spiro atoms. The lowest BCUT2D eigenvalue weighted by Crippen LogP contribution is -2.35. The Morgan fingerprint density at radius 1 is 1.03 bits per heavy atom. The molecule has 8 heteroatoms. The highest BCUT2D eigenvalue weighted by atomic mass is 32.2. The lowest BCUT2D eigenvalue weighted by molar-refractivity contribution is 0.0918. The number of aromatic amines is 1. The number of sulfonamides is 1. The van der Waals surface area contributed by atoms with Gasteiger partial charge < -0.3 is 15.4 Å². The molecule has 0 radical (unpaired) electrons. The maximum atomic E-state index is 13.5. The smallest absolute Gasteiger partial charge is 0.268 e. The van der Waals surface area contributed by atoms with Crippen molar-refractivity contribution in [1.29, 1.82) is 0 Å². The van der Waals surface area contributed by atoms with E-state index in [9.17, 15) is 18.3 Å². The average molecular weight is 520 g/mol. The fourth-order valence-electron chi connectivity index (χ4n) is 4.22. The first-order valence-corrected chi connectivity index (χ1v) is 13.6. The van der Waals surface area contributed by atoms with E-state index in [4.69, 9.17) is 0 Å². The van der Waals surface area contributed by atoms with Crippen molar-refractivity contribution < 1.29 is 18.3 Å². The summed E-state index contributed by atoms with van der Waals surface area (Å²) in [6.07, 6.45) is 0. The third-order valence-corrected chi connectivity index (χ3v) is 8.27. The van der Waals surface area contributed by atoms with Crippen LogP contribution >= 0.6 is 0 Å². The van der Waals surface area contributed by atoms with Gasteiger partial charge in [0.2, 0.25) is 0 Å². The molecule has 0 aliphatic rings. The Balaban J connectivity index is 1.80. The Morgan fingerprint density at radius 3 is 2.27 bits per heavy atom. The molecule has 0 bridgehead atoms. The topological polar surface area (TPSA) is 102 Å². The number of carbonyl (C=O) groups is 1. The second-order valence-corrected chi connectivity index (χ2v) is 12.2. The molecule has 1 unspecified atom stereocenters. The lowest BCUT2D eigenvalue weighted by atomic mass is 9.87. The van der Waals surface area contributed by atoms with Crippen LogP contribution in [0, 0.1) is 0 Å². The molecule has 1 heterocycles. The number of fused-ring (bicyclic) bond motifs is 1. The number of anilines is 1. The normalized spacial score (nSPS) is 12.9. The SMILES string of the molecule is CC(CO)NC(=O)c1[nH]c2ccc(N(C)S(=O)(=O)c3ccc(C(C)(C)C)cc3)cc2c1-c1ccccc1. The second-order valence-electron chi connectivity index (χ2n) is 10.3. The van der Waals surface area contributed by atoms with Crippen molar-refractivity contribution in [2.24, 2.45) is 0 Å². The highest BCUT2D eigenvalue weighted by Gasteiger charge is 2.25. The van der Waals surface area contributed by atoms with Crippen LogP contribution in [-0.4, -0.2) is 44.1 Å². The van der Waals surface area contributed by atoms with Gasteiger partial charge in [-0.15, -0.1) is 0 Å². The van der Waals surface area contributed by atoms with Gasteiger partial charge in [-0.2, -0.15) is 0 Å². The number of nitrogens with zero attached hydrogens (tertiary/aromatic N) is 1. The second kappa shape index (κ2) is 10.0. The Labute approximate surface area is 218 Å². The predicted molar refractivity (Wildman–Crippen MR) is 148 cm³/mol. The average Bonchev–Trinajstić information content (AvgIpc) is 3.27. The highest BCUT2D eigenvalue weighted by Crippen LogP contribution is 2.36. The summed E-state index contributed by atoms with van der Waals surface area (Å²) in [5, 5.41) is 12.9. The van der Waals surface area contributed by atoms with E-state index < -0.39 is 16.1 Å². The third kappa shape index (κ3) is 5.26. The van der Waals surface area contributed by atoms with Crippen LogP contribution in [0.1, 0.15) is 43.7 Å². The first-order valence-electron chi connectivity index (χ1n) is 12.2. The number of carbonyl (C=O) groups excluding carboxylic acids is 1. The fourth-order valence-corrected chi connectivity index (χ4v) is 5.40. The van der Waals surface area contributed by atoms with Crippen molar-refractivity contribution in [1.82, 2.24) is 10.3 Å². The number of hydrogen-bond donors (Lipinski definition) is 3. The minimum absolute atomic E-state index is 0.0830.